The second-order valence-electron chi connectivity index (χ2n) is 3.83. The molecule has 0 aliphatic heterocycles. The molecule has 1 heterocycles. The van der Waals surface area contributed by atoms with Crippen molar-refractivity contribution in [1.29, 1.82) is 0 Å². The Kier molecular flexibility index (Phi) is 3.90. The first-order valence-electron chi connectivity index (χ1n) is 5.66. The van der Waals surface area contributed by atoms with E-state index in [1.807, 2.05) is 0 Å². The molecule has 2 N–H and O–H groups in total. The van der Waals surface area contributed by atoms with Crippen LogP contribution in [0.25, 0.3) is 0 Å². The fraction of sp³-hybridized carbons (Fsp3) is 0.0769. The number of nitrogens with one attached hydrogen (secondary N) is 1. The first kappa shape index (κ1) is 13.5. The molecule has 2 aromatic rings. The maximum Gasteiger partial charge on any atom is 0.356 e. The number of para-hydroxylation sites is 2. The molecular weight excluding hydrogens is 262 g/mol. The number of anilines is 1. The molecule has 0 bridgehead atoms. The number of carboxylic acid groups (broad SMARTS) is 1. The van der Waals surface area contributed by atoms with E-state index in [2.05, 4.69) is 15.3 Å². The number of rotatable bonds is 4. The molecule has 0 spiro atoms. The molecule has 0 unspecified atom stereocenters. The molecule has 1 aromatic carbocycles. The van der Waals surface area contributed by atoms with Crippen LogP contribution in [0, 0.1) is 0 Å². The van der Waals surface area contributed by atoms with Gasteiger partial charge in [-0.1, -0.05) is 12.1 Å². The summed E-state index contributed by atoms with van der Waals surface area (Å²) >= 11 is 0. The Morgan fingerprint density at radius 2 is 2.00 bits per heavy atom. The van der Waals surface area contributed by atoms with E-state index in [0.717, 1.165) is 6.20 Å². The zero-order valence-corrected chi connectivity index (χ0v) is 10.5. The normalized spacial score (nSPS) is 9.85. The lowest BCUT2D eigenvalue weighted by Crippen LogP contribution is -2.07. The van der Waals surface area contributed by atoms with Crippen LogP contribution >= 0.6 is 0 Å². The van der Waals surface area contributed by atoms with Crippen LogP contribution in [0.15, 0.2) is 36.7 Å². The van der Waals surface area contributed by atoms with Gasteiger partial charge in [0.1, 0.15) is 0 Å². The number of aromatic carboxylic acids is 1. The molecule has 0 atom stereocenters. The van der Waals surface area contributed by atoms with Crippen molar-refractivity contribution in [3.8, 4) is 11.6 Å². The maximum atomic E-state index is 11.1. The van der Waals surface area contributed by atoms with Gasteiger partial charge < -0.3 is 15.2 Å². The van der Waals surface area contributed by atoms with E-state index in [0.29, 0.717) is 11.4 Å². The Labute approximate surface area is 114 Å². The SMILES string of the molecule is CC(=O)Nc1ccccc1Oc1cncc(C(=O)O)n1. The Balaban J connectivity index is 2.28. The van der Waals surface area contributed by atoms with Crippen LogP contribution in [0.5, 0.6) is 11.6 Å². The van der Waals surface area contributed by atoms with Crippen LogP contribution in [-0.4, -0.2) is 27.0 Å². The van der Waals surface area contributed by atoms with Crippen LogP contribution < -0.4 is 10.1 Å². The number of carbonyl (C=O) groups excluding carboxylic acids is 1. The maximum absolute atomic E-state index is 11.1. The van der Waals surface area contributed by atoms with Crippen LogP contribution in [0.4, 0.5) is 5.69 Å². The van der Waals surface area contributed by atoms with Gasteiger partial charge in [0.25, 0.3) is 0 Å². The second kappa shape index (κ2) is 5.79. The van der Waals surface area contributed by atoms with E-state index in [1.54, 1.807) is 24.3 Å². The summed E-state index contributed by atoms with van der Waals surface area (Å²) in [5, 5.41) is 11.4. The summed E-state index contributed by atoms with van der Waals surface area (Å²) in [5.41, 5.74) is 0.238. The summed E-state index contributed by atoms with van der Waals surface area (Å²) in [6.45, 7) is 1.38. The molecule has 0 fully saturated rings. The van der Waals surface area contributed by atoms with E-state index < -0.39 is 5.97 Å². The van der Waals surface area contributed by atoms with Gasteiger partial charge >= 0.3 is 5.97 Å². The molecule has 2 rings (SSSR count). The number of aromatic nitrogens is 2. The number of nitrogens with zero attached hydrogens (tertiary/aromatic N) is 2. The van der Waals surface area contributed by atoms with Gasteiger partial charge in [0.15, 0.2) is 11.4 Å². The third-order valence-electron chi connectivity index (χ3n) is 2.24. The minimum absolute atomic E-state index is 0.0303. The van der Waals surface area contributed by atoms with Gasteiger partial charge in [-0.15, -0.1) is 0 Å². The van der Waals surface area contributed by atoms with Crippen molar-refractivity contribution < 1.29 is 19.4 Å². The van der Waals surface area contributed by atoms with Crippen LogP contribution in [0.1, 0.15) is 17.4 Å². The quantitative estimate of drug-likeness (QED) is 0.882. The first-order valence-corrected chi connectivity index (χ1v) is 5.66. The highest BCUT2D eigenvalue weighted by Gasteiger charge is 2.10. The van der Waals surface area contributed by atoms with Crippen LogP contribution in [0.2, 0.25) is 0 Å². The summed E-state index contributed by atoms with van der Waals surface area (Å²) in [5.74, 6) is -1.06. The summed E-state index contributed by atoms with van der Waals surface area (Å²) < 4.78 is 5.45. The molecule has 20 heavy (non-hydrogen) atoms. The molecule has 0 aliphatic carbocycles. The highest BCUT2D eigenvalue weighted by molar-refractivity contribution is 5.90. The smallest absolute Gasteiger partial charge is 0.356 e. The highest BCUT2D eigenvalue weighted by Crippen LogP contribution is 2.27. The Morgan fingerprint density at radius 1 is 1.25 bits per heavy atom. The highest BCUT2D eigenvalue weighted by atomic mass is 16.5. The molecule has 7 nitrogen and oxygen atoms in total. The standard InChI is InChI=1S/C13H11N3O4/c1-8(17)15-9-4-2-3-5-11(9)20-12-7-14-6-10(16-12)13(18)19/h2-7H,1H3,(H,15,17)(H,18,19). The van der Waals surface area contributed by atoms with Crippen LogP contribution in [-0.2, 0) is 4.79 Å². The summed E-state index contributed by atoms with van der Waals surface area (Å²) in [4.78, 5) is 29.4. The fourth-order valence-electron chi connectivity index (χ4n) is 1.46. The zero-order valence-electron chi connectivity index (χ0n) is 10.5. The van der Waals surface area contributed by atoms with E-state index in [1.165, 1.54) is 13.1 Å². The van der Waals surface area contributed by atoms with Gasteiger partial charge in [0.2, 0.25) is 11.8 Å². The molecule has 102 valence electrons. The van der Waals surface area contributed by atoms with Crippen molar-refractivity contribution in [2.24, 2.45) is 0 Å². The van der Waals surface area contributed by atoms with Gasteiger partial charge in [-0.2, -0.15) is 0 Å². The number of carbonyl (C=O) groups is 2. The van der Waals surface area contributed by atoms with E-state index in [9.17, 15) is 9.59 Å². The number of hydrogen-bond donors (Lipinski definition) is 2. The van der Waals surface area contributed by atoms with Gasteiger partial charge in [0.05, 0.1) is 18.1 Å². The molecule has 0 radical (unpaired) electrons. The molecule has 1 aromatic heterocycles. The van der Waals surface area contributed by atoms with Gasteiger partial charge in [0, 0.05) is 6.92 Å². The number of carboxylic acids is 1. The predicted molar refractivity (Wildman–Crippen MR) is 69.8 cm³/mol. The lowest BCUT2D eigenvalue weighted by Gasteiger charge is -2.10. The molecule has 7 heteroatoms. The number of amides is 1. The summed E-state index contributed by atoms with van der Waals surface area (Å²) in [6.07, 6.45) is 2.41. The van der Waals surface area contributed by atoms with Gasteiger partial charge in [-0.25, -0.2) is 9.78 Å². The zero-order chi connectivity index (χ0) is 14.5. The summed E-state index contributed by atoms with van der Waals surface area (Å²) in [6, 6.07) is 6.73. The third kappa shape index (κ3) is 3.29. The predicted octanol–water partition coefficient (Wildman–Crippen LogP) is 1.93. The Bertz CT molecular complexity index is 658. The largest absolute Gasteiger partial charge is 0.476 e. The van der Waals surface area contributed by atoms with E-state index >= 15 is 0 Å². The lowest BCUT2D eigenvalue weighted by molar-refractivity contribution is -0.114. The molecule has 1 amide bonds. The summed E-state index contributed by atoms with van der Waals surface area (Å²) in [7, 11) is 0. The topological polar surface area (TPSA) is 101 Å². The van der Waals surface area contributed by atoms with Crippen molar-refractivity contribution in [3.05, 3.63) is 42.4 Å². The molecule has 0 aliphatic rings. The first-order chi connectivity index (χ1) is 9.56. The van der Waals surface area contributed by atoms with E-state index in [-0.39, 0.29) is 17.5 Å². The van der Waals surface area contributed by atoms with E-state index in [4.69, 9.17) is 9.84 Å². The van der Waals surface area contributed by atoms with Crippen molar-refractivity contribution in [2.45, 2.75) is 6.92 Å². The van der Waals surface area contributed by atoms with Gasteiger partial charge in [-0.05, 0) is 12.1 Å². The van der Waals surface area contributed by atoms with Crippen molar-refractivity contribution in [2.75, 3.05) is 5.32 Å². The number of benzene rings is 1. The van der Waals surface area contributed by atoms with Crippen molar-refractivity contribution in [3.63, 3.8) is 0 Å². The molecule has 0 saturated heterocycles. The van der Waals surface area contributed by atoms with Crippen molar-refractivity contribution in [1.82, 2.24) is 9.97 Å². The minimum atomic E-state index is -1.20. The third-order valence-corrected chi connectivity index (χ3v) is 2.24. The Morgan fingerprint density at radius 3 is 2.70 bits per heavy atom. The van der Waals surface area contributed by atoms with Crippen LogP contribution in [0.3, 0.4) is 0 Å². The monoisotopic (exact) mass is 273 g/mol. The number of ether oxygens (including phenoxy) is 1. The molecular formula is C13H11N3O4. The fourth-order valence-corrected chi connectivity index (χ4v) is 1.46. The lowest BCUT2D eigenvalue weighted by atomic mass is 10.3. The average Bonchev–Trinajstić information content (AvgIpc) is 2.41. The number of hydrogen-bond acceptors (Lipinski definition) is 5. The Hall–Kier alpha value is -2.96. The van der Waals surface area contributed by atoms with Crippen molar-refractivity contribution >= 4 is 17.6 Å². The average molecular weight is 273 g/mol. The van der Waals surface area contributed by atoms with Gasteiger partial charge in [-0.3, -0.25) is 9.78 Å². The minimum Gasteiger partial charge on any atom is -0.476 e. The second-order valence-corrected chi connectivity index (χ2v) is 3.83. The molecule has 0 saturated carbocycles.